The number of rotatable bonds is 4. The van der Waals surface area contributed by atoms with Crippen LogP contribution in [-0.4, -0.2) is 16.4 Å². The molecule has 1 amide bonds. The van der Waals surface area contributed by atoms with Gasteiger partial charge in [-0.15, -0.1) is 0 Å². The van der Waals surface area contributed by atoms with E-state index in [4.69, 9.17) is 0 Å². The van der Waals surface area contributed by atoms with Crippen molar-refractivity contribution in [1.29, 1.82) is 0 Å². The van der Waals surface area contributed by atoms with Gasteiger partial charge in [-0.3, -0.25) is 9.00 Å². The molecule has 1 N–H and O–H groups in total. The first-order valence-electron chi connectivity index (χ1n) is 8.33. The Morgan fingerprint density at radius 3 is 2.79 bits per heavy atom. The number of hydrogen-bond donors (Lipinski definition) is 1. The van der Waals surface area contributed by atoms with Crippen molar-refractivity contribution in [2.75, 3.05) is 11.6 Å². The summed E-state index contributed by atoms with van der Waals surface area (Å²) in [5.41, 5.74) is 5.30. The van der Waals surface area contributed by atoms with Gasteiger partial charge in [0.05, 0.1) is 5.92 Å². The molecule has 24 heavy (non-hydrogen) atoms. The van der Waals surface area contributed by atoms with Gasteiger partial charge in [0.15, 0.2) is 0 Å². The van der Waals surface area contributed by atoms with Crippen LogP contribution in [0.3, 0.4) is 0 Å². The summed E-state index contributed by atoms with van der Waals surface area (Å²) in [5, 5.41) is 3.10. The predicted molar refractivity (Wildman–Crippen MR) is 99.7 cm³/mol. The Labute approximate surface area is 145 Å². The third kappa shape index (κ3) is 3.59. The van der Waals surface area contributed by atoms with Crippen LogP contribution in [-0.2, 0) is 27.8 Å². The molecule has 0 heterocycles. The Morgan fingerprint density at radius 1 is 1.21 bits per heavy atom. The molecule has 0 spiro atoms. The number of fused-ring (bicyclic) bond motifs is 1. The minimum absolute atomic E-state index is 0.0556. The number of aryl methyl sites for hydroxylation is 1. The van der Waals surface area contributed by atoms with E-state index in [-0.39, 0.29) is 11.8 Å². The fourth-order valence-electron chi connectivity index (χ4n) is 3.44. The quantitative estimate of drug-likeness (QED) is 0.916. The Bertz CT molecular complexity index is 785. The number of hydrogen-bond acceptors (Lipinski definition) is 2. The number of carbonyl (C=O) groups is 1. The van der Waals surface area contributed by atoms with Crippen LogP contribution in [0, 0.1) is 6.92 Å². The molecule has 1 aliphatic carbocycles. The molecular weight excluding hydrogens is 318 g/mol. The van der Waals surface area contributed by atoms with Crippen molar-refractivity contribution >= 4 is 22.4 Å². The lowest BCUT2D eigenvalue weighted by molar-refractivity contribution is -0.117. The molecule has 3 nitrogen and oxygen atoms in total. The van der Waals surface area contributed by atoms with E-state index in [0.29, 0.717) is 5.75 Å². The molecule has 3 rings (SSSR count). The molecule has 4 heteroatoms. The maximum Gasteiger partial charge on any atom is 0.231 e. The Morgan fingerprint density at radius 2 is 2.00 bits per heavy atom. The van der Waals surface area contributed by atoms with Crippen LogP contribution in [0.5, 0.6) is 0 Å². The number of nitrogens with one attached hydrogen (secondary N) is 1. The van der Waals surface area contributed by atoms with Gasteiger partial charge in [0, 0.05) is 28.5 Å². The van der Waals surface area contributed by atoms with Gasteiger partial charge in [-0.25, -0.2) is 0 Å². The van der Waals surface area contributed by atoms with Crippen LogP contribution in [0.2, 0.25) is 0 Å². The van der Waals surface area contributed by atoms with Gasteiger partial charge in [0.2, 0.25) is 5.91 Å². The smallest absolute Gasteiger partial charge is 0.231 e. The lowest BCUT2D eigenvalue weighted by Gasteiger charge is -2.25. The largest absolute Gasteiger partial charge is 0.325 e. The lowest BCUT2D eigenvalue weighted by Crippen LogP contribution is -2.25. The SMILES string of the molecule is Cc1c(C[S@](C)=O)cccc1NC(=O)[C@@H]1CCCc2ccccc21. The summed E-state index contributed by atoms with van der Waals surface area (Å²) >= 11 is 0. The maximum absolute atomic E-state index is 12.8. The summed E-state index contributed by atoms with van der Waals surface area (Å²) in [5.74, 6) is 0.486. The van der Waals surface area contributed by atoms with Crippen LogP contribution in [0.4, 0.5) is 5.69 Å². The highest BCUT2D eigenvalue weighted by Crippen LogP contribution is 2.33. The molecule has 0 saturated heterocycles. The van der Waals surface area contributed by atoms with Crippen LogP contribution in [0.1, 0.15) is 41.0 Å². The standard InChI is InChI=1S/C20H23NO2S/c1-14-16(13-24(2)23)9-6-12-19(14)21-20(22)18-11-5-8-15-7-3-4-10-17(15)18/h3-4,6-7,9-10,12,18H,5,8,11,13H2,1-2H3,(H,21,22)/t18-,24+/m1/s1. The molecule has 126 valence electrons. The summed E-state index contributed by atoms with van der Waals surface area (Å²) < 4.78 is 11.5. The normalized spacial score (nSPS) is 17.8. The van der Waals surface area contributed by atoms with E-state index in [0.717, 1.165) is 41.6 Å². The first-order valence-corrected chi connectivity index (χ1v) is 10.1. The Kier molecular flexibility index (Phi) is 5.14. The van der Waals surface area contributed by atoms with Crippen LogP contribution < -0.4 is 5.32 Å². The number of carbonyl (C=O) groups excluding carboxylic acids is 1. The molecular formula is C20H23NO2S. The van der Waals surface area contributed by atoms with Crippen LogP contribution in [0.15, 0.2) is 42.5 Å². The summed E-state index contributed by atoms with van der Waals surface area (Å²) in [7, 11) is -0.895. The molecule has 1 aliphatic rings. The van der Waals surface area contributed by atoms with Crippen molar-refractivity contribution in [2.24, 2.45) is 0 Å². The van der Waals surface area contributed by atoms with Crippen molar-refractivity contribution in [3.8, 4) is 0 Å². The van der Waals surface area contributed by atoms with Gasteiger partial charge in [-0.1, -0.05) is 36.4 Å². The highest BCUT2D eigenvalue weighted by atomic mass is 32.2. The summed E-state index contributed by atoms with van der Waals surface area (Å²) in [4.78, 5) is 12.8. The average molecular weight is 341 g/mol. The van der Waals surface area contributed by atoms with E-state index < -0.39 is 10.8 Å². The molecule has 2 aromatic carbocycles. The third-order valence-corrected chi connectivity index (χ3v) is 5.47. The lowest BCUT2D eigenvalue weighted by atomic mass is 9.82. The molecule has 0 unspecified atom stereocenters. The second kappa shape index (κ2) is 7.31. The first-order chi connectivity index (χ1) is 11.6. The van der Waals surface area contributed by atoms with Crippen molar-refractivity contribution in [3.63, 3.8) is 0 Å². The molecule has 0 aromatic heterocycles. The van der Waals surface area contributed by atoms with E-state index in [9.17, 15) is 9.00 Å². The number of benzene rings is 2. The fraction of sp³-hybridized carbons (Fsp3) is 0.350. The zero-order valence-corrected chi connectivity index (χ0v) is 15.0. The highest BCUT2D eigenvalue weighted by Gasteiger charge is 2.26. The van der Waals surface area contributed by atoms with Crippen molar-refractivity contribution < 1.29 is 9.00 Å². The Balaban J connectivity index is 1.82. The topological polar surface area (TPSA) is 46.2 Å². The van der Waals surface area contributed by atoms with Gasteiger partial charge in [0.1, 0.15) is 0 Å². The van der Waals surface area contributed by atoms with Gasteiger partial charge in [0.25, 0.3) is 0 Å². The molecule has 2 atom stereocenters. The van der Waals surface area contributed by atoms with Crippen molar-refractivity contribution in [3.05, 3.63) is 64.7 Å². The minimum atomic E-state index is -0.895. The third-order valence-electron chi connectivity index (χ3n) is 4.75. The van der Waals surface area contributed by atoms with Gasteiger partial charge in [-0.2, -0.15) is 0 Å². The number of amides is 1. The van der Waals surface area contributed by atoms with Crippen LogP contribution >= 0.6 is 0 Å². The van der Waals surface area contributed by atoms with E-state index in [1.165, 1.54) is 5.56 Å². The van der Waals surface area contributed by atoms with Crippen LogP contribution in [0.25, 0.3) is 0 Å². The Hall–Kier alpha value is -1.94. The summed E-state index contributed by atoms with van der Waals surface area (Å²) in [6.45, 7) is 1.98. The van der Waals surface area contributed by atoms with Gasteiger partial charge < -0.3 is 5.32 Å². The van der Waals surface area contributed by atoms with Gasteiger partial charge in [-0.05, 0) is 54.5 Å². The van der Waals surface area contributed by atoms with E-state index >= 15 is 0 Å². The number of anilines is 1. The molecule has 0 aliphatic heterocycles. The van der Waals surface area contributed by atoms with E-state index in [1.54, 1.807) is 6.26 Å². The van der Waals surface area contributed by atoms with Crippen molar-refractivity contribution in [1.82, 2.24) is 0 Å². The molecule has 0 saturated carbocycles. The first kappa shape index (κ1) is 16.9. The molecule has 2 aromatic rings. The molecule has 0 fully saturated rings. The second-order valence-electron chi connectivity index (χ2n) is 6.44. The fourth-order valence-corrected chi connectivity index (χ4v) is 4.19. The molecule has 0 bridgehead atoms. The zero-order valence-electron chi connectivity index (χ0n) is 14.2. The average Bonchev–Trinajstić information content (AvgIpc) is 2.57. The minimum Gasteiger partial charge on any atom is -0.325 e. The predicted octanol–water partition coefficient (Wildman–Crippen LogP) is 3.93. The van der Waals surface area contributed by atoms with E-state index in [1.807, 2.05) is 37.3 Å². The zero-order chi connectivity index (χ0) is 17.1. The van der Waals surface area contributed by atoms with E-state index in [2.05, 4.69) is 17.4 Å². The molecule has 0 radical (unpaired) electrons. The highest BCUT2D eigenvalue weighted by molar-refractivity contribution is 7.83. The summed E-state index contributed by atoms with van der Waals surface area (Å²) in [6, 6.07) is 14.1. The second-order valence-corrected chi connectivity index (χ2v) is 7.88. The monoisotopic (exact) mass is 341 g/mol. The maximum atomic E-state index is 12.8. The van der Waals surface area contributed by atoms with Gasteiger partial charge >= 0.3 is 0 Å². The van der Waals surface area contributed by atoms with Crippen molar-refractivity contribution in [2.45, 2.75) is 37.9 Å². The summed E-state index contributed by atoms with van der Waals surface area (Å²) in [6.07, 6.45) is 4.68.